The number of carbonyl (C=O) groups excluding carboxylic acids is 1. The molecule has 0 aromatic carbocycles. The summed E-state index contributed by atoms with van der Waals surface area (Å²) in [6.45, 7) is 1.03. The van der Waals surface area contributed by atoms with Crippen molar-refractivity contribution in [2.75, 3.05) is 11.5 Å². The standard InChI is InChI=1S/C5H9INO/c1-6-7-4-2-3-5(7)8/h2-4H2,1H3/q-1. The van der Waals surface area contributed by atoms with Crippen LogP contribution in [0.2, 0.25) is 0 Å². The molecule has 0 atom stereocenters. The first-order valence-electron chi connectivity index (χ1n) is 2.64. The quantitative estimate of drug-likeness (QED) is 0.269. The van der Waals surface area contributed by atoms with Gasteiger partial charge in [-0.05, 0) is 0 Å². The first-order chi connectivity index (χ1) is 3.84. The molecule has 1 saturated heterocycles. The summed E-state index contributed by atoms with van der Waals surface area (Å²) < 4.78 is 2.00. The molecular formula is C5H9INO-. The van der Waals surface area contributed by atoms with Crippen molar-refractivity contribution in [3.63, 3.8) is 0 Å². The molecule has 0 saturated carbocycles. The van der Waals surface area contributed by atoms with Crippen LogP contribution in [0.4, 0.5) is 0 Å². The Morgan fingerprint density at radius 3 is 2.75 bits per heavy atom. The summed E-state index contributed by atoms with van der Waals surface area (Å²) in [5.74, 6) is 0.375. The molecule has 0 aliphatic carbocycles. The van der Waals surface area contributed by atoms with E-state index in [1.165, 1.54) is 0 Å². The summed E-state index contributed by atoms with van der Waals surface area (Å²) in [5.41, 5.74) is 0. The van der Waals surface area contributed by atoms with Crippen LogP contribution in [0.5, 0.6) is 0 Å². The van der Waals surface area contributed by atoms with Crippen LogP contribution in [0.25, 0.3) is 0 Å². The second-order valence-corrected chi connectivity index (χ2v) is 3.88. The van der Waals surface area contributed by atoms with Gasteiger partial charge in [0.1, 0.15) is 0 Å². The Bertz CT molecular complexity index is 105. The van der Waals surface area contributed by atoms with Crippen LogP contribution in [-0.4, -0.2) is 20.5 Å². The van der Waals surface area contributed by atoms with Crippen LogP contribution in [0.3, 0.4) is 0 Å². The van der Waals surface area contributed by atoms with Gasteiger partial charge in [0.25, 0.3) is 0 Å². The number of carbonyl (C=O) groups is 1. The van der Waals surface area contributed by atoms with Crippen LogP contribution in [-0.2, 0) is 4.79 Å². The van der Waals surface area contributed by atoms with Gasteiger partial charge in [-0.1, -0.05) is 0 Å². The van der Waals surface area contributed by atoms with E-state index < -0.39 is 0 Å². The van der Waals surface area contributed by atoms with Crippen molar-refractivity contribution in [1.82, 2.24) is 3.11 Å². The summed E-state index contributed by atoms with van der Waals surface area (Å²) in [4.78, 5) is 12.9. The zero-order valence-corrected chi connectivity index (χ0v) is 7.01. The van der Waals surface area contributed by atoms with Gasteiger partial charge in [0, 0.05) is 0 Å². The zero-order chi connectivity index (χ0) is 5.98. The van der Waals surface area contributed by atoms with E-state index in [-0.39, 0.29) is 21.5 Å². The van der Waals surface area contributed by atoms with E-state index in [4.69, 9.17) is 0 Å². The molecule has 1 fully saturated rings. The van der Waals surface area contributed by atoms with Crippen LogP contribution in [0.15, 0.2) is 0 Å². The van der Waals surface area contributed by atoms with E-state index in [1.807, 2.05) is 3.11 Å². The normalized spacial score (nSPS) is 20.6. The molecule has 1 aliphatic heterocycles. The molecule has 0 bridgehead atoms. The Morgan fingerprint density at radius 1 is 1.75 bits per heavy atom. The fourth-order valence-corrected chi connectivity index (χ4v) is 2.40. The Balaban J connectivity index is 2.42. The fraction of sp³-hybridized carbons (Fsp3) is 0.800. The Hall–Kier alpha value is 0.200. The van der Waals surface area contributed by atoms with Gasteiger partial charge in [0.15, 0.2) is 0 Å². The van der Waals surface area contributed by atoms with Gasteiger partial charge in [0.2, 0.25) is 0 Å². The number of rotatable bonds is 1. The average molecular weight is 226 g/mol. The van der Waals surface area contributed by atoms with E-state index >= 15 is 0 Å². The van der Waals surface area contributed by atoms with Gasteiger partial charge < -0.3 is 0 Å². The summed E-state index contributed by atoms with van der Waals surface area (Å²) >= 11 is 0.0475. The third kappa shape index (κ3) is 1.13. The summed E-state index contributed by atoms with van der Waals surface area (Å²) in [7, 11) is 0. The fourth-order valence-electron chi connectivity index (χ4n) is 0.794. The SMILES string of the molecule is C[I-]N1CCCC1=O. The van der Waals surface area contributed by atoms with Crippen LogP contribution in [0, 0.1) is 0 Å². The molecule has 3 heteroatoms. The van der Waals surface area contributed by atoms with Gasteiger partial charge >= 0.3 is 59.6 Å². The molecule has 2 nitrogen and oxygen atoms in total. The molecule has 1 amide bonds. The van der Waals surface area contributed by atoms with E-state index in [1.54, 1.807) is 0 Å². The third-order valence-electron chi connectivity index (χ3n) is 1.22. The van der Waals surface area contributed by atoms with E-state index in [0.29, 0.717) is 5.91 Å². The number of hydrogen-bond acceptors (Lipinski definition) is 1. The topological polar surface area (TPSA) is 20.3 Å². The van der Waals surface area contributed by atoms with Crippen molar-refractivity contribution in [2.24, 2.45) is 0 Å². The Kier molecular flexibility index (Phi) is 2.10. The molecule has 0 aromatic rings. The van der Waals surface area contributed by atoms with E-state index in [2.05, 4.69) is 4.93 Å². The summed E-state index contributed by atoms with van der Waals surface area (Å²) in [6, 6.07) is 0. The molecule has 0 radical (unpaired) electrons. The minimum atomic E-state index is 0.0475. The first-order valence-corrected chi connectivity index (χ1v) is 5.77. The second-order valence-electron chi connectivity index (χ2n) is 1.75. The van der Waals surface area contributed by atoms with E-state index in [9.17, 15) is 4.79 Å². The first kappa shape index (κ1) is 6.32. The number of nitrogens with zero attached hydrogens (tertiary/aromatic N) is 1. The van der Waals surface area contributed by atoms with Gasteiger partial charge in [-0.3, -0.25) is 0 Å². The Labute approximate surface area is 59.9 Å². The van der Waals surface area contributed by atoms with Gasteiger partial charge in [-0.2, -0.15) is 0 Å². The molecule has 1 aliphatic rings. The monoisotopic (exact) mass is 226 g/mol. The molecule has 48 valence electrons. The molecule has 1 heterocycles. The minimum absolute atomic E-state index is 0.0475. The molecule has 8 heavy (non-hydrogen) atoms. The third-order valence-corrected chi connectivity index (χ3v) is 3.40. The summed E-state index contributed by atoms with van der Waals surface area (Å²) in [5, 5.41) is 0. The predicted molar refractivity (Wildman–Crippen MR) is 26.9 cm³/mol. The molecule has 0 spiro atoms. The molecule has 1 rings (SSSR count). The molecule has 0 aromatic heterocycles. The molecule has 0 N–H and O–H groups in total. The van der Waals surface area contributed by atoms with Crippen molar-refractivity contribution >= 4 is 5.91 Å². The van der Waals surface area contributed by atoms with Crippen molar-refractivity contribution in [3.05, 3.63) is 0 Å². The molecule has 0 unspecified atom stereocenters. The van der Waals surface area contributed by atoms with Crippen molar-refractivity contribution < 1.29 is 26.3 Å². The number of hydrogen-bond donors (Lipinski definition) is 0. The van der Waals surface area contributed by atoms with Gasteiger partial charge in [-0.15, -0.1) is 0 Å². The Morgan fingerprint density at radius 2 is 2.50 bits per heavy atom. The van der Waals surface area contributed by atoms with Crippen LogP contribution >= 0.6 is 0 Å². The maximum atomic E-state index is 10.8. The average Bonchev–Trinajstić information content (AvgIpc) is 2.14. The maximum absolute atomic E-state index is 10.8. The van der Waals surface area contributed by atoms with Crippen LogP contribution in [0.1, 0.15) is 12.8 Å². The summed E-state index contributed by atoms with van der Waals surface area (Å²) in [6.07, 6.45) is 1.89. The number of amides is 1. The van der Waals surface area contributed by atoms with Crippen molar-refractivity contribution in [1.29, 1.82) is 0 Å². The second kappa shape index (κ2) is 2.66. The number of halogens is 1. The predicted octanol–water partition coefficient (Wildman–Crippen LogP) is -2.76. The van der Waals surface area contributed by atoms with E-state index in [0.717, 1.165) is 19.4 Å². The van der Waals surface area contributed by atoms with Crippen LogP contribution < -0.4 is 21.5 Å². The number of alkyl halides is 1. The van der Waals surface area contributed by atoms with Crippen molar-refractivity contribution in [2.45, 2.75) is 12.8 Å². The van der Waals surface area contributed by atoms with Gasteiger partial charge in [0.05, 0.1) is 0 Å². The molecular weight excluding hydrogens is 217 g/mol. The zero-order valence-electron chi connectivity index (χ0n) is 4.85. The van der Waals surface area contributed by atoms with Gasteiger partial charge in [-0.25, -0.2) is 0 Å². The van der Waals surface area contributed by atoms with Crippen molar-refractivity contribution in [3.8, 4) is 0 Å².